The molecule has 2 atom stereocenters. The number of hydrogen-bond donors (Lipinski definition) is 1. The number of ether oxygens (including phenoxy) is 2. The van der Waals surface area contributed by atoms with E-state index in [2.05, 4.69) is 19.8 Å². The number of aromatic nitrogens is 2. The van der Waals surface area contributed by atoms with Crippen molar-refractivity contribution in [1.82, 2.24) is 19.5 Å². The molecule has 14 nitrogen and oxygen atoms in total. The van der Waals surface area contributed by atoms with Gasteiger partial charge in [0, 0.05) is 12.5 Å². The number of nitrogens with one attached hydrogen (secondary N) is 1. The molecule has 0 bridgehead atoms. The molecule has 0 saturated heterocycles. The maximum atomic E-state index is 13.5. The Morgan fingerprint density at radius 3 is 2.22 bits per heavy atom. The molecule has 0 aliphatic heterocycles. The van der Waals surface area contributed by atoms with E-state index in [9.17, 15) is 36.4 Å². The molecular weight excluding hydrogens is 625 g/mol. The number of carbonyl (C=O) groups is 2. The molecule has 244 valence electrons. The first-order valence-corrected chi connectivity index (χ1v) is 14.7. The van der Waals surface area contributed by atoms with E-state index in [4.69, 9.17) is 4.84 Å². The van der Waals surface area contributed by atoms with Crippen molar-refractivity contribution in [1.29, 1.82) is 0 Å². The number of alkyl halides is 3. The number of halogens is 3. The van der Waals surface area contributed by atoms with E-state index in [-0.39, 0.29) is 21.2 Å². The number of methoxy groups -OCH3 is 1. The minimum Gasteiger partial charge on any atom is -0.569 e. The van der Waals surface area contributed by atoms with E-state index in [1.54, 1.807) is 38.1 Å². The van der Waals surface area contributed by atoms with Gasteiger partial charge in [-0.15, -0.1) is 5.01 Å². The van der Waals surface area contributed by atoms with Crippen molar-refractivity contribution in [3.63, 3.8) is 0 Å². The summed E-state index contributed by atoms with van der Waals surface area (Å²) in [5.74, 6) is -1.71. The number of hydrogen-bond acceptors (Lipinski definition) is 10. The highest BCUT2D eigenvalue weighted by Crippen LogP contribution is 2.33. The number of rotatable bonds is 11. The molecule has 3 rings (SSSR count). The summed E-state index contributed by atoms with van der Waals surface area (Å²) in [6.45, 7) is 6.16. The van der Waals surface area contributed by atoms with Gasteiger partial charge < -0.3 is 14.7 Å². The predicted octanol–water partition coefficient (Wildman–Crippen LogP) is 4.57. The van der Waals surface area contributed by atoms with Crippen LogP contribution in [0.25, 0.3) is 16.9 Å². The number of carbonyl (C=O) groups excluding carboxylic acids is 2. The quantitative estimate of drug-likeness (QED) is 0.102. The molecule has 0 fully saturated rings. The summed E-state index contributed by atoms with van der Waals surface area (Å²) in [4.78, 5) is 28.4. The zero-order valence-electron chi connectivity index (χ0n) is 25.0. The van der Waals surface area contributed by atoms with Gasteiger partial charge in [-0.3, -0.25) is 9.63 Å². The van der Waals surface area contributed by atoms with Crippen molar-refractivity contribution < 1.29 is 50.5 Å². The second kappa shape index (κ2) is 13.8. The molecule has 0 saturated carbocycles. The third-order valence-electron chi connectivity index (χ3n) is 6.24. The lowest BCUT2D eigenvalue weighted by atomic mass is 10.0. The fourth-order valence-electron chi connectivity index (χ4n) is 4.04. The normalized spacial score (nSPS) is 13.6. The Labute approximate surface area is 256 Å². The van der Waals surface area contributed by atoms with E-state index < -0.39 is 52.2 Å². The molecule has 18 heteroatoms. The van der Waals surface area contributed by atoms with Gasteiger partial charge in [0.15, 0.2) is 11.7 Å². The minimum absolute atomic E-state index is 0.122. The van der Waals surface area contributed by atoms with Gasteiger partial charge in [0.25, 0.3) is 22.2 Å². The molecule has 1 amide bonds. The number of hydrazine groups is 1. The maximum absolute atomic E-state index is 13.5. The van der Waals surface area contributed by atoms with Gasteiger partial charge in [-0.25, -0.2) is 22.6 Å². The Kier molecular flexibility index (Phi) is 10.6. The smallest absolute Gasteiger partial charge is 0.511 e. The molecule has 1 heterocycles. The molecule has 2 aromatic carbocycles. The Balaban J connectivity index is 1.84. The highest BCUT2D eigenvalue weighted by Gasteiger charge is 2.36. The maximum Gasteiger partial charge on any atom is 0.511 e. The van der Waals surface area contributed by atoms with Gasteiger partial charge in [-0.1, -0.05) is 43.7 Å². The zero-order valence-corrected chi connectivity index (χ0v) is 25.8. The second-order valence-corrected chi connectivity index (χ2v) is 11.7. The molecule has 0 radical (unpaired) electrons. The molecule has 0 aliphatic rings. The van der Waals surface area contributed by atoms with E-state index in [0.29, 0.717) is 5.56 Å². The molecule has 3 aromatic rings. The average Bonchev–Trinajstić information content (AvgIpc) is 3.42. The number of amides is 1. The van der Waals surface area contributed by atoms with Crippen molar-refractivity contribution in [2.24, 2.45) is 11.2 Å². The van der Waals surface area contributed by atoms with Crippen LogP contribution in [-0.4, -0.2) is 66.7 Å². The summed E-state index contributed by atoms with van der Waals surface area (Å²) in [6, 6.07) is 10.9. The van der Waals surface area contributed by atoms with E-state index in [0.717, 1.165) is 47.6 Å². The number of likely N-dealkylation sites (N-methyl/N-ethyl adjacent to an activating group) is 1. The SMILES string of the molecule is COC(=O)OC(C)ON=[N+]([O-])N(C)[C@H](C(=O)NS(=O)(=O)c1ccc(-n2nc(C(F)(F)F)cc2-c2ccc(C)cc2)cc1)C(C)C. The van der Waals surface area contributed by atoms with Crippen LogP contribution >= 0.6 is 0 Å². The van der Waals surface area contributed by atoms with Gasteiger partial charge in [-0.2, -0.15) is 18.3 Å². The Hall–Kier alpha value is -4.87. The first-order chi connectivity index (χ1) is 20.9. The second-order valence-electron chi connectivity index (χ2n) is 10.00. The molecular formula is C27H31F3N6O8S. The molecule has 0 aliphatic carbocycles. The molecule has 45 heavy (non-hydrogen) atoms. The standard InChI is InChI=1S/C27H31F3N6O8S/c1-16(2)24(34(5)36(39)33-44-18(4)43-26(38)42-6)25(37)32-45(40,41)21-13-11-20(12-14-21)35-22(15-23(31-35)27(28,29)30)19-9-7-17(3)8-10-19/h7-16,18,24H,1-6H3,(H,32,37)/t18?,24-/m0/s1. The lowest BCUT2D eigenvalue weighted by Crippen LogP contribution is -2.51. The van der Waals surface area contributed by atoms with Crippen LogP contribution in [0.1, 0.15) is 32.0 Å². The van der Waals surface area contributed by atoms with E-state index >= 15 is 0 Å². The first kappa shape index (κ1) is 34.6. The highest BCUT2D eigenvalue weighted by atomic mass is 32.2. The van der Waals surface area contributed by atoms with E-state index in [1.165, 1.54) is 19.1 Å². The average molecular weight is 657 g/mol. The number of sulfonamides is 1. The first-order valence-electron chi connectivity index (χ1n) is 13.2. The van der Waals surface area contributed by atoms with Crippen LogP contribution in [0, 0.1) is 18.0 Å². The lowest BCUT2D eigenvalue weighted by Gasteiger charge is -2.26. The molecule has 1 aromatic heterocycles. The number of benzene rings is 2. The summed E-state index contributed by atoms with van der Waals surface area (Å²) in [5, 5.41) is 20.1. The fourth-order valence-corrected chi connectivity index (χ4v) is 5.04. The summed E-state index contributed by atoms with van der Waals surface area (Å²) in [6.07, 6.45) is -7.15. The highest BCUT2D eigenvalue weighted by molar-refractivity contribution is 7.90. The van der Waals surface area contributed by atoms with Gasteiger partial charge in [0.1, 0.15) is 0 Å². The summed E-state index contributed by atoms with van der Waals surface area (Å²) in [5.41, 5.74) is 0.457. The third kappa shape index (κ3) is 8.62. The van der Waals surface area contributed by atoms with Crippen LogP contribution < -0.4 is 4.72 Å². The van der Waals surface area contributed by atoms with Gasteiger partial charge in [0.2, 0.25) is 5.28 Å². The van der Waals surface area contributed by atoms with Crippen molar-refractivity contribution in [2.45, 2.75) is 51.1 Å². The van der Waals surface area contributed by atoms with Crippen LogP contribution in [0.2, 0.25) is 0 Å². The van der Waals surface area contributed by atoms with Crippen molar-refractivity contribution in [3.05, 3.63) is 71.1 Å². The lowest BCUT2D eigenvalue weighted by molar-refractivity contribution is -0.713. The topological polar surface area (TPSA) is 167 Å². The van der Waals surface area contributed by atoms with E-state index in [1.807, 2.05) is 11.6 Å². The molecule has 0 spiro atoms. The Morgan fingerprint density at radius 1 is 1.09 bits per heavy atom. The van der Waals surface area contributed by atoms with Crippen LogP contribution in [0.4, 0.5) is 18.0 Å². The number of aryl methyl sites for hydroxylation is 1. The Morgan fingerprint density at radius 2 is 1.69 bits per heavy atom. The molecule has 1 unspecified atom stereocenters. The van der Waals surface area contributed by atoms with Gasteiger partial charge in [-0.05, 0) is 43.2 Å². The third-order valence-corrected chi connectivity index (χ3v) is 7.60. The summed E-state index contributed by atoms with van der Waals surface area (Å²) in [7, 11) is -2.30. The largest absolute Gasteiger partial charge is 0.569 e. The van der Waals surface area contributed by atoms with Crippen molar-refractivity contribution in [2.75, 3.05) is 14.2 Å². The van der Waals surface area contributed by atoms with Crippen LogP contribution in [0.15, 0.2) is 64.8 Å². The Bertz CT molecular complexity index is 1640. The van der Waals surface area contributed by atoms with Crippen LogP contribution in [-0.2, 0) is 35.3 Å². The van der Waals surface area contributed by atoms with Gasteiger partial charge >= 0.3 is 12.3 Å². The van der Waals surface area contributed by atoms with Gasteiger partial charge in [0.05, 0.1) is 35.4 Å². The zero-order chi connectivity index (χ0) is 33.7. The van der Waals surface area contributed by atoms with Crippen molar-refractivity contribution in [3.8, 4) is 16.9 Å². The summed E-state index contributed by atoms with van der Waals surface area (Å²) < 4.78 is 78.6. The van der Waals surface area contributed by atoms with Crippen LogP contribution in [0.5, 0.6) is 0 Å². The molecule has 1 N–H and O–H groups in total. The van der Waals surface area contributed by atoms with Crippen molar-refractivity contribution >= 4 is 22.1 Å². The fraction of sp³-hybridized carbons (Fsp3) is 0.370. The number of nitrogens with zero attached hydrogens (tertiary/aromatic N) is 5. The minimum atomic E-state index is -4.73. The monoisotopic (exact) mass is 656 g/mol. The summed E-state index contributed by atoms with van der Waals surface area (Å²) >= 11 is 0. The van der Waals surface area contributed by atoms with Crippen LogP contribution in [0.3, 0.4) is 0 Å². The predicted molar refractivity (Wildman–Crippen MR) is 151 cm³/mol.